The molecule has 0 bridgehead atoms. The number of pyridine rings is 2. The highest BCUT2D eigenvalue weighted by molar-refractivity contribution is 8.00. The number of esters is 1. The highest BCUT2D eigenvalue weighted by atomic mass is 32.2. The first-order valence-electron chi connectivity index (χ1n) is 22.6. The molecule has 4 heterocycles. The minimum absolute atomic E-state index is 0.0365. The van der Waals surface area contributed by atoms with Crippen molar-refractivity contribution in [1.29, 1.82) is 0 Å². The van der Waals surface area contributed by atoms with Crippen molar-refractivity contribution in [3.8, 4) is 11.5 Å². The molecule has 2 saturated heterocycles. The quantitative estimate of drug-likeness (QED) is 0.0955. The van der Waals surface area contributed by atoms with E-state index in [-0.39, 0.29) is 72.5 Å². The molecule has 2 aliphatic rings. The highest BCUT2D eigenvalue weighted by Crippen LogP contribution is 2.26. The van der Waals surface area contributed by atoms with Crippen LogP contribution < -0.4 is 20.1 Å². The minimum Gasteiger partial charge on any atom is -0.496 e. The van der Waals surface area contributed by atoms with Crippen LogP contribution in [-0.4, -0.2) is 204 Å². The van der Waals surface area contributed by atoms with Crippen LogP contribution in [0.1, 0.15) is 34.8 Å². The first-order valence-corrected chi connectivity index (χ1v) is 24.9. The zero-order valence-corrected chi connectivity index (χ0v) is 41.7. The SMILES string of the molecule is CCOC(=O)N1CCN(C(=O)C(CSCC(=O)O)NC(=O)c2cc(OC)c3ccccc3n2)CC1.CCOC(=O)N1CCN(C(=O)C(CSCC(=O)OC)NC(=O)c2cc(OC)c3ccccc3n2)CC1. The number of carboxylic acid groups (broad SMARTS) is 1. The molecule has 3 N–H and O–H groups in total. The topological polar surface area (TPSA) is 266 Å². The molecule has 22 nitrogen and oxygen atoms in total. The summed E-state index contributed by atoms with van der Waals surface area (Å²) in [6.45, 7) is 6.39. The molecule has 0 saturated carbocycles. The fraction of sp³-hybridized carbons (Fsp3) is 0.447. The number of nitrogens with one attached hydrogen (secondary N) is 2. The van der Waals surface area contributed by atoms with E-state index in [9.17, 15) is 38.4 Å². The van der Waals surface area contributed by atoms with E-state index in [1.165, 1.54) is 55.0 Å². The Morgan fingerprint density at radius 2 is 0.972 bits per heavy atom. The number of carboxylic acids is 1. The zero-order chi connectivity index (χ0) is 51.5. The van der Waals surface area contributed by atoms with Gasteiger partial charge in [0.1, 0.15) is 35.0 Å². The lowest BCUT2D eigenvalue weighted by molar-refractivity contribution is -0.137. The van der Waals surface area contributed by atoms with E-state index in [2.05, 4.69) is 25.3 Å². The fourth-order valence-electron chi connectivity index (χ4n) is 7.34. The molecular formula is C47H58N8O14S2. The number of fused-ring (bicyclic) bond motifs is 2. The second-order valence-corrected chi connectivity index (χ2v) is 17.6. The predicted octanol–water partition coefficient (Wildman–Crippen LogP) is 3.01. The average molecular weight is 1020 g/mol. The Balaban J connectivity index is 0.000000264. The van der Waals surface area contributed by atoms with Gasteiger partial charge in [-0.15, -0.1) is 23.5 Å². The standard InChI is InChI=1S/C24H30N4O7S.C23H28N4O7S/c1-4-35-24(32)28-11-9-27(10-12-28)23(31)19(14-36-15-21(29)34-3)26-22(30)18-13-20(33-2)16-7-5-6-8-17(16)25-18;1-3-34-23(32)27-10-8-26(9-11-27)22(31)18(13-35-14-20(28)29)25-21(30)17-12-19(33-2)15-6-4-5-7-16(15)24-17/h5-8,13,19H,4,9-12,14-15H2,1-3H3,(H,26,30);4-7,12,18H,3,8-11,13-14H2,1-2H3,(H,25,30)(H,28,29). The number of benzene rings is 2. The molecule has 2 atom stereocenters. The average Bonchev–Trinajstić information content (AvgIpc) is 3.39. The Morgan fingerprint density at radius 3 is 1.34 bits per heavy atom. The summed E-state index contributed by atoms with van der Waals surface area (Å²) in [5.74, 6) is -2.21. The molecule has 71 heavy (non-hydrogen) atoms. The Labute approximate surface area is 418 Å². The smallest absolute Gasteiger partial charge is 0.409 e. The molecule has 0 radical (unpaired) electrons. The summed E-state index contributed by atoms with van der Waals surface area (Å²) in [6.07, 6.45) is -0.850. The lowest BCUT2D eigenvalue weighted by atomic mass is 10.1. The Morgan fingerprint density at radius 1 is 0.592 bits per heavy atom. The van der Waals surface area contributed by atoms with Gasteiger partial charge in [-0.1, -0.05) is 24.3 Å². The molecule has 24 heteroatoms. The van der Waals surface area contributed by atoms with E-state index < -0.39 is 48.0 Å². The van der Waals surface area contributed by atoms with E-state index in [0.717, 1.165) is 22.5 Å². The third kappa shape index (κ3) is 15.5. The van der Waals surface area contributed by atoms with Crippen molar-refractivity contribution in [2.24, 2.45) is 0 Å². The number of thioether (sulfide) groups is 2. The van der Waals surface area contributed by atoms with E-state index in [1.54, 1.807) is 41.8 Å². The number of nitrogens with zero attached hydrogens (tertiary/aromatic N) is 6. The number of hydrogen-bond acceptors (Lipinski definition) is 17. The maximum Gasteiger partial charge on any atom is 0.409 e. The van der Waals surface area contributed by atoms with Gasteiger partial charge >= 0.3 is 24.1 Å². The molecule has 2 unspecified atom stereocenters. The summed E-state index contributed by atoms with van der Waals surface area (Å²) >= 11 is 2.21. The number of aliphatic carboxylic acids is 1. The van der Waals surface area contributed by atoms with Crippen molar-refractivity contribution in [3.05, 3.63) is 72.1 Å². The molecule has 2 fully saturated rings. The van der Waals surface area contributed by atoms with Crippen LogP contribution >= 0.6 is 23.5 Å². The predicted molar refractivity (Wildman–Crippen MR) is 264 cm³/mol. The number of aromatic nitrogens is 2. The number of carbonyl (C=O) groups is 8. The van der Waals surface area contributed by atoms with Crippen molar-refractivity contribution in [1.82, 2.24) is 40.2 Å². The van der Waals surface area contributed by atoms with Crippen LogP contribution in [0.15, 0.2) is 60.7 Å². The van der Waals surface area contributed by atoms with E-state index in [1.807, 2.05) is 30.3 Å². The van der Waals surface area contributed by atoms with Crippen LogP contribution in [0.4, 0.5) is 9.59 Å². The number of rotatable bonds is 18. The first-order chi connectivity index (χ1) is 34.2. The summed E-state index contributed by atoms with van der Waals surface area (Å²) in [5.41, 5.74) is 1.33. The van der Waals surface area contributed by atoms with Gasteiger partial charge in [0.05, 0.1) is 57.1 Å². The van der Waals surface area contributed by atoms with Crippen LogP contribution in [0.2, 0.25) is 0 Å². The molecule has 6 rings (SSSR count). The van der Waals surface area contributed by atoms with Crippen LogP contribution in [0.25, 0.3) is 21.8 Å². The van der Waals surface area contributed by atoms with E-state index >= 15 is 0 Å². The monoisotopic (exact) mass is 1020 g/mol. The van der Waals surface area contributed by atoms with Gasteiger partial charge in [-0.05, 0) is 38.1 Å². The molecule has 6 amide bonds. The van der Waals surface area contributed by atoms with Crippen LogP contribution in [0.3, 0.4) is 0 Å². The molecule has 382 valence electrons. The van der Waals surface area contributed by atoms with E-state index in [4.69, 9.17) is 24.1 Å². The van der Waals surface area contributed by atoms with Gasteiger partial charge in [-0.25, -0.2) is 19.6 Å². The summed E-state index contributed by atoms with van der Waals surface area (Å²) in [7, 11) is 4.29. The number of ether oxygens (including phenoxy) is 5. The first kappa shape index (κ1) is 54.9. The molecule has 0 spiro atoms. The fourth-order valence-corrected chi connectivity index (χ4v) is 8.96. The van der Waals surface area contributed by atoms with Gasteiger partial charge in [-0.3, -0.25) is 28.8 Å². The molecule has 2 aromatic carbocycles. The Bertz CT molecular complexity index is 2540. The Hall–Kier alpha value is -7.08. The molecule has 2 aliphatic heterocycles. The van der Waals surface area contributed by atoms with Gasteiger partial charge in [0, 0.05) is 86.8 Å². The van der Waals surface area contributed by atoms with Crippen LogP contribution in [-0.2, 0) is 33.4 Å². The lowest BCUT2D eigenvalue weighted by Crippen LogP contribution is -2.56. The van der Waals surface area contributed by atoms with Gasteiger partial charge in [0.2, 0.25) is 11.8 Å². The maximum atomic E-state index is 13.3. The largest absolute Gasteiger partial charge is 0.496 e. The van der Waals surface area contributed by atoms with Crippen LogP contribution in [0.5, 0.6) is 11.5 Å². The number of piperazine rings is 2. The van der Waals surface area contributed by atoms with E-state index in [0.29, 0.717) is 61.8 Å². The van der Waals surface area contributed by atoms with Crippen molar-refractivity contribution in [3.63, 3.8) is 0 Å². The maximum absolute atomic E-state index is 13.3. The van der Waals surface area contributed by atoms with Crippen molar-refractivity contribution in [2.75, 3.05) is 110 Å². The normalized spacial score (nSPS) is 14.3. The Kier molecular flexibility index (Phi) is 21.1. The molecule has 0 aliphatic carbocycles. The number of carbonyl (C=O) groups excluding carboxylic acids is 7. The summed E-state index contributed by atoms with van der Waals surface area (Å²) in [5, 5.41) is 16.0. The molecular weight excluding hydrogens is 965 g/mol. The van der Waals surface area contributed by atoms with Gasteiger partial charge in [-0.2, -0.15) is 0 Å². The zero-order valence-electron chi connectivity index (χ0n) is 40.1. The van der Waals surface area contributed by atoms with Crippen molar-refractivity contribution < 1.29 is 67.1 Å². The second kappa shape index (κ2) is 27.3. The van der Waals surface area contributed by atoms with Crippen molar-refractivity contribution >= 4 is 93.1 Å². The highest BCUT2D eigenvalue weighted by Gasteiger charge is 2.33. The molecule has 4 aromatic rings. The second-order valence-electron chi connectivity index (χ2n) is 15.5. The summed E-state index contributed by atoms with van der Waals surface area (Å²) in [6, 6.07) is 15.6. The van der Waals surface area contributed by atoms with Gasteiger partial charge in [0.15, 0.2) is 0 Å². The number of amides is 6. The summed E-state index contributed by atoms with van der Waals surface area (Å²) in [4.78, 5) is 114. The third-order valence-electron chi connectivity index (χ3n) is 10.9. The lowest BCUT2D eigenvalue weighted by Gasteiger charge is -2.35. The summed E-state index contributed by atoms with van der Waals surface area (Å²) < 4.78 is 25.5. The van der Waals surface area contributed by atoms with Gasteiger partial charge < -0.3 is 59.0 Å². The number of methoxy groups -OCH3 is 3. The molecule has 2 aromatic heterocycles. The number of hydrogen-bond donors (Lipinski definition) is 3. The van der Waals surface area contributed by atoms with Crippen molar-refractivity contribution in [2.45, 2.75) is 25.9 Å². The minimum atomic E-state index is -1.02. The van der Waals surface area contributed by atoms with Crippen LogP contribution in [0, 0.1) is 0 Å². The number of para-hydroxylation sites is 2. The van der Waals surface area contributed by atoms with Gasteiger partial charge in [0.25, 0.3) is 11.8 Å². The third-order valence-corrected chi connectivity index (χ3v) is 13.0.